The number of aliphatic carboxylic acids is 2. The predicted molar refractivity (Wildman–Crippen MR) is 178 cm³/mol. The van der Waals surface area contributed by atoms with E-state index in [1.165, 1.54) is 5.57 Å². The lowest BCUT2D eigenvalue weighted by Gasteiger charge is -2.70. The molecule has 2 N–H and O–H groups in total. The fraction of sp³-hybridized carbons (Fsp3) is 0.700. The normalized spacial score (nSPS) is 42.1. The highest BCUT2D eigenvalue weighted by molar-refractivity contribution is 5.95. The lowest BCUT2D eigenvalue weighted by molar-refractivity contribution is -0.211. The quantitative estimate of drug-likeness (QED) is 0.303. The topological polar surface area (TPSA) is 118 Å². The van der Waals surface area contributed by atoms with Gasteiger partial charge in [0.1, 0.15) is 6.10 Å². The molecule has 7 nitrogen and oxygen atoms in total. The molecule has 0 aliphatic heterocycles. The molecule has 0 amide bonds. The number of hydrogen-bond acceptors (Lipinski definition) is 5. The molecular formula is C40H54O7. The van der Waals surface area contributed by atoms with Gasteiger partial charge in [0.15, 0.2) is 5.78 Å². The van der Waals surface area contributed by atoms with Crippen LogP contribution >= 0.6 is 0 Å². The minimum absolute atomic E-state index is 0.0202. The highest BCUT2D eigenvalue weighted by Crippen LogP contribution is 2.75. The second kappa shape index (κ2) is 11.0. The number of ether oxygens (including phenoxy) is 1. The van der Waals surface area contributed by atoms with Crippen molar-refractivity contribution in [3.05, 3.63) is 47.0 Å². The average Bonchev–Trinajstić information content (AvgIpc) is 2.96. The Hall–Kier alpha value is -2.96. The van der Waals surface area contributed by atoms with E-state index in [2.05, 4.69) is 41.5 Å². The van der Waals surface area contributed by atoms with Crippen LogP contribution in [-0.2, 0) is 36.8 Å². The zero-order chi connectivity index (χ0) is 34.4. The van der Waals surface area contributed by atoms with Gasteiger partial charge in [-0.2, -0.15) is 0 Å². The number of esters is 1. The predicted octanol–water partition coefficient (Wildman–Crippen LogP) is 7.83. The summed E-state index contributed by atoms with van der Waals surface area (Å²) in [6.07, 6.45) is 9.32. The summed E-state index contributed by atoms with van der Waals surface area (Å²) in [7, 11) is 0. The molecule has 0 heterocycles. The molecule has 0 aromatic heterocycles. The van der Waals surface area contributed by atoms with Crippen molar-refractivity contribution in [3.63, 3.8) is 0 Å². The lowest BCUT2D eigenvalue weighted by Crippen LogP contribution is -2.66. The number of rotatable bonds is 6. The van der Waals surface area contributed by atoms with E-state index < -0.39 is 17.4 Å². The molecular weight excluding hydrogens is 592 g/mol. The second-order valence-electron chi connectivity index (χ2n) is 18.0. The lowest BCUT2D eigenvalue weighted by atomic mass is 9.33. The van der Waals surface area contributed by atoms with Crippen molar-refractivity contribution in [1.82, 2.24) is 0 Å². The van der Waals surface area contributed by atoms with Crippen LogP contribution in [0.15, 0.2) is 35.9 Å². The first-order valence-corrected chi connectivity index (χ1v) is 17.8. The fourth-order valence-corrected chi connectivity index (χ4v) is 12.0. The SMILES string of the molecule is CC1(C)[C@@H](OC(=O)Cc2cccc(CC(=O)O)c2)CC[C@]2(C)[C@H]3C(=O)C=C4[C@@H]5C[C@@](C)(C(=O)O)CC[C@]5(C)CC[C@@]4(C)[C@]3(C)CC[C@@H]12. The van der Waals surface area contributed by atoms with Crippen LogP contribution in [0.4, 0.5) is 0 Å². The Balaban J connectivity index is 1.26. The Morgan fingerprint density at radius 3 is 2.17 bits per heavy atom. The van der Waals surface area contributed by atoms with Crippen molar-refractivity contribution in [2.75, 3.05) is 0 Å². The largest absolute Gasteiger partial charge is 0.481 e. The summed E-state index contributed by atoms with van der Waals surface area (Å²) in [5.74, 6) is -1.58. The number of hydrogen-bond donors (Lipinski definition) is 2. The first-order valence-electron chi connectivity index (χ1n) is 17.8. The summed E-state index contributed by atoms with van der Waals surface area (Å²) in [4.78, 5) is 51.5. The number of benzene rings is 1. The van der Waals surface area contributed by atoms with Crippen molar-refractivity contribution >= 4 is 23.7 Å². The number of carboxylic acids is 2. The molecule has 4 fully saturated rings. The smallest absolute Gasteiger partial charge is 0.310 e. The van der Waals surface area contributed by atoms with Gasteiger partial charge >= 0.3 is 17.9 Å². The van der Waals surface area contributed by atoms with E-state index in [9.17, 15) is 24.3 Å². The fourth-order valence-electron chi connectivity index (χ4n) is 12.0. The maximum atomic E-state index is 14.6. The Morgan fingerprint density at radius 1 is 0.851 bits per heavy atom. The van der Waals surface area contributed by atoms with Gasteiger partial charge in [-0.1, -0.05) is 71.4 Å². The van der Waals surface area contributed by atoms with Gasteiger partial charge < -0.3 is 14.9 Å². The van der Waals surface area contributed by atoms with E-state index >= 15 is 0 Å². The molecule has 5 aliphatic carbocycles. The first-order chi connectivity index (χ1) is 21.8. The molecule has 0 bridgehead atoms. The molecule has 1 aromatic rings. The van der Waals surface area contributed by atoms with Gasteiger partial charge in [-0.25, -0.2) is 0 Å². The maximum Gasteiger partial charge on any atom is 0.310 e. The van der Waals surface area contributed by atoms with Crippen LogP contribution in [0.1, 0.15) is 117 Å². The zero-order valence-electron chi connectivity index (χ0n) is 29.4. The molecule has 256 valence electrons. The first kappa shape index (κ1) is 33.9. The minimum Gasteiger partial charge on any atom is -0.481 e. The van der Waals surface area contributed by atoms with Crippen LogP contribution in [0, 0.1) is 50.2 Å². The highest BCUT2D eigenvalue weighted by Gasteiger charge is 2.70. The van der Waals surface area contributed by atoms with E-state index in [0.717, 1.165) is 44.1 Å². The van der Waals surface area contributed by atoms with Gasteiger partial charge in [-0.05, 0) is 115 Å². The number of carboxylic acid groups (broad SMARTS) is 2. The van der Waals surface area contributed by atoms with Gasteiger partial charge in [0.05, 0.1) is 18.3 Å². The Morgan fingerprint density at radius 2 is 1.51 bits per heavy atom. The van der Waals surface area contributed by atoms with Crippen LogP contribution < -0.4 is 0 Å². The van der Waals surface area contributed by atoms with Gasteiger partial charge in [0.25, 0.3) is 0 Å². The third kappa shape index (κ3) is 5.12. The molecule has 47 heavy (non-hydrogen) atoms. The third-order valence-corrected chi connectivity index (χ3v) is 15.0. The molecule has 0 unspecified atom stereocenters. The van der Waals surface area contributed by atoms with E-state index in [1.54, 1.807) is 18.2 Å². The van der Waals surface area contributed by atoms with E-state index in [1.807, 2.05) is 19.1 Å². The van der Waals surface area contributed by atoms with E-state index in [-0.39, 0.29) is 75.5 Å². The summed E-state index contributed by atoms with van der Waals surface area (Å²) in [6.45, 7) is 15.7. The van der Waals surface area contributed by atoms with Crippen LogP contribution in [0.25, 0.3) is 0 Å². The number of fused-ring (bicyclic) bond motifs is 7. The van der Waals surface area contributed by atoms with Crippen LogP contribution in [0.2, 0.25) is 0 Å². The summed E-state index contributed by atoms with van der Waals surface area (Å²) < 4.78 is 6.23. The molecule has 0 radical (unpaired) electrons. The maximum absolute atomic E-state index is 14.6. The summed E-state index contributed by atoms with van der Waals surface area (Å²) in [6, 6.07) is 7.13. The Kier molecular flexibility index (Phi) is 7.96. The molecule has 1 aromatic carbocycles. The molecule has 0 spiro atoms. The third-order valence-electron chi connectivity index (χ3n) is 15.0. The molecule has 4 saturated carbocycles. The molecule has 0 saturated heterocycles. The average molecular weight is 647 g/mol. The number of carbonyl (C=O) groups excluding carboxylic acids is 2. The van der Waals surface area contributed by atoms with E-state index in [4.69, 9.17) is 9.84 Å². The van der Waals surface area contributed by atoms with Gasteiger partial charge in [-0.15, -0.1) is 0 Å². The van der Waals surface area contributed by atoms with Crippen molar-refractivity contribution in [2.45, 2.75) is 125 Å². The standard InChI is InChI=1S/C40H54O7/c1-35(2)29-11-14-40(7)33(28(41)22-26-27-23-37(4,34(45)46)16-15-36(27,3)17-18-39(26,40)6)38(29,5)13-12-30(35)47-32(44)21-25-10-8-9-24(19-25)20-31(42)43/h8-10,19,22,27,29-30,33H,11-18,20-21,23H2,1-7H3,(H,42,43)(H,45,46)/t27-,29-,30-,33+,36+,37-,38-,39+,40+/m0/s1. The number of carbonyl (C=O) groups is 4. The minimum atomic E-state index is -0.908. The highest BCUT2D eigenvalue weighted by atomic mass is 16.5. The van der Waals surface area contributed by atoms with Crippen molar-refractivity contribution in [1.29, 1.82) is 0 Å². The van der Waals surface area contributed by atoms with Crippen LogP contribution in [-0.4, -0.2) is 40.0 Å². The zero-order valence-corrected chi connectivity index (χ0v) is 29.4. The summed E-state index contributed by atoms with van der Waals surface area (Å²) in [5, 5.41) is 19.3. The molecule has 5 aliphatic rings. The Labute approximate surface area is 279 Å². The second-order valence-corrected chi connectivity index (χ2v) is 18.0. The van der Waals surface area contributed by atoms with E-state index in [0.29, 0.717) is 24.8 Å². The number of allylic oxidation sites excluding steroid dienone is 2. The molecule has 7 heteroatoms. The monoisotopic (exact) mass is 646 g/mol. The summed E-state index contributed by atoms with van der Waals surface area (Å²) >= 11 is 0. The molecule has 9 atom stereocenters. The summed E-state index contributed by atoms with van der Waals surface area (Å²) in [5.41, 5.74) is 0.871. The number of ketones is 1. The van der Waals surface area contributed by atoms with Gasteiger partial charge in [-0.3, -0.25) is 19.2 Å². The van der Waals surface area contributed by atoms with Crippen molar-refractivity contribution in [3.8, 4) is 0 Å². The van der Waals surface area contributed by atoms with Gasteiger partial charge in [0.2, 0.25) is 0 Å². The van der Waals surface area contributed by atoms with Crippen molar-refractivity contribution < 1.29 is 34.1 Å². The van der Waals surface area contributed by atoms with Crippen molar-refractivity contribution in [2.24, 2.45) is 50.2 Å². The van der Waals surface area contributed by atoms with Crippen LogP contribution in [0.3, 0.4) is 0 Å². The van der Waals surface area contributed by atoms with Crippen LogP contribution in [0.5, 0.6) is 0 Å². The molecule has 6 rings (SSSR count). The Bertz CT molecular complexity index is 1540. The van der Waals surface area contributed by atoms with Gasteiger partial charge in [0, 0.05) is 11.3 Å².